The van der Waals surface area contributed by atoms with Crippen molar-refractivity contribution in [3.8, 4) is 11.4 Å². The lowest BCUT2D eigenvalue weighted by atomic mass is 10.0. The molecule has 3 heteroatoms. The van der Waals surface area contributed by atoms with E-state index in [-0.39, 0.29) is 0 Å². The molecule has 1 heterocycles. The molecule has 78 valence electrons. The van der Waals surface area contributed by atoms with Gasteiger partial charge in [-0.05, 0) is 11.5 Å². The largest absolute Gasteiger partial charge is 0.255 e. The third-order valence-corrected chi connectivity index (χ3v) is 2.44. The van der Waals surface area contributed by atoms with Crippen molar-refractivity contribution in [3.63, 3.8) is 0 Å². The van der Waals surface area contributed by atoms with Crippen LogP contribution in [0.4, 0.5) is 0 Å². The molecular weight excluding hydrogens is 186 g/mol. The van der Waals surface area contributed by atoms with Gasteiger partial charge >= 0.3 is 0 Å². The fourth-order valence-corrected chi connectivity index (χ4v) is 1.49. The Labute approximate surface area is 89.8 Å². The van der Waals surface area contributed by atoms with Gasteiger partial charge in [0.1, 0.15) is 6.33 Å². The molecule has 0 saturated heterocycles. The monoisotopic (exact) mass is 201 g/mol. The highest BCUT2D eigenvalue weighted by Gasteiger charge is 2.03. The molecule has 2 aromatic rings. The zero-order chi connectivity index (χ0) is 10.8. The van der Waals surface area contributed by atoms with Crippen LogP contribution in [-0.4, -0.2) is 14.8 Å². The van der Waals surface area contributed by atoms with Crippen molar-refractivity contribution < 1.29 is 0 Å². The van der Waals surface area contributed by atoms with Crippen LogP contribution in [-0.2, 0) is 7.05 Å². The van der Waals surface area contributed by atoms with E-state index in [1.807, 2.05) is 7.05 Å². The summed E-state index contributed by atoms with van der Waals surface area (Å²) in [5.41, 5.74) is 2.41. The quantitative estimate of drug-likeness (QED) is 0.747. The summed E-state index contributed by atoms with van der Waals surface area (Å²) in [7, 11) is 1.87. The maximum atomic E-state index is 4.26. The molecule has 0 spiro atoms. The fourth-order valence-electron chi connectivity index (χ4n) is 1.49. The van der Waals surface area contributed by atoms with E-state index < -0.39 is 0 Å². The van der Waals surface area contributed by atoms with Gasteiger partial charge in [0.2, 0.25) is 0 Å². The smallest absolute Gasteiger partial charge is 0.181 e. The Hall–Kier alpha value is -1.64. The van der Waals surface area contributed by atoms with Crippen LogP contribution < -0.4 is 0 Å². The Bertz CT molecular complexity index is 440. The van der Waals surface area contributed by atoms with E-state index in [0.29, 0.717) is 5.92 Å². The predicted octanol–water partition coefficient (Wildman–Crippen LogP) is 2.61. The molecule has 0 fully saturated rings. The summed E-state index contributed by atoms with van der Waals surface area (Å²) in [6.07, 6.45) is 1.71. The van der Waals surface area contributed by atoms with E-state index in [1.54, 1.807) is 11.0 Å². The molecule has 0 amide bonds. The molecule has 0 atom stereocenters. The van der Waals surface area contributed by atoms with Crippen LogP contribution in [0.1, 0.15) is 25.3 Å². The number of aryl methyl sites for hydroxylation is 1. The molecule has 0 radical (unpaired) electrons. The SMILES string of the molecule is CC(C)c1ccc(-c2ncn(C)n2)cc1. The van der Waals surface area contributed by atoms with Gasteiger partial charge in [0, 0.05) is 12.6 Å². The Balaban J connectivity index is 2.31. The fraction of sp³-hybridized carbons (Fsp3) is 0.333. The van der Waals surface area contributed by atoms with Gasteiger partial charge in [-0.15, -0.1) is 0 Å². The Kier molecular flexibility index (Phi) is 2.54. The standard InChI is InChI=1S/C12H15N3/c1-9(2)10-4-6-11(7-5-10)12-13-8-15(3)14-12/h4-9H,1-3H3. The summed E-state index contributed by atoms with van der Waals surface area (Å²) in [6.45, 7) is 4.38. The second kappa shape index (κ2) is 3.85. The van der Waals surface area contributed by atoms with Crippen LogP contribution in [0.25, 0.3) is 11.4 Å². The minimum absolute atomic E-state index is 0.566. The summed E-state index contributed by atoms with van der Waals surface area (Å²) in [4.78, 5) is 4.21. The number of benzene rings is 1. The summed E-state index contributed by atoms with van der Waals surface area (Å²) >= 11 is 0. The molecule has 0 bridgehead atoms. The number of rotatable bonds is 2. The van der Waals surface area contributed by atoms with E-state index in [1.165, 1.54) is 5.56 Å². The molecule has 2 rings (SSSR count). The van der Waals surface area contributed by atoms with Gasteiger partial charge in [-0.1, -0.05) is 38.1 Å². The van der Waals surface area contributed by atoms with E-state index in [2.05, 4.69) is 48.2 Å². The van der Waals surface area contributed by atoms with Crippen LogP contribution >= 0.6 is 0 Å². The molecule has 15 heavy (non-hydrogen) atoms. The highest BCUT2D eigenvalue weighted by molar-refractivity contribution is 5.54. The first-order valence-corrected chi connectivity index (χ1v) is 5.13. The van der Waals surface area contributed by atoms with Crippen LogP contribution in [0.15, 0.2) is 30.6 Å². The molecular formula is C12H15N3. The number of aromatic nitrogens is 3. The first-order chi connectivity index (χ1) is 7.16. The van der Waals surface area contributed by atoms with E-state index in [9.17, 15) is 0 Å². The maximum Gasteiger partial charge on any atom is 0.181 e. The number of hydrogen-bond donors (Lipinski definition) is 0. The molecule has 0 saturated carbocycles. The molecule has 0 unspecified atom stereocenters. The van der Waals surface area contributed by atoms with Gasteiger partial charge in [0.05, 0.1) is 0 Å². The van der Waals surface area contributed by atoms with Gasteiger partial charge in [-0.2, -0.15) is 5.10 Å². The summed E-state index contributed by atoms with van der Waals surface area (Å²) in [6, 6.07) is 8.42. The second-order valence-corrected chi connectivity index (χ2v) is 4.02. The first kappa shape index (κ1) is 9.90. The van der Waals surface area contributed by atoms with Gasteiger partial charge in [-0.25, -0.2) is 4.98 Å². The predicted molar refractivity (Wildman–Crippen MR) is 60.5 cm³/mol. The molecule has 1 aromatic carbocycles. The molecule has 3 nitrogen and oxygen atoms in total. The van der Waals surface area contributed by atoms with Crippen molar-refractivity contribution in [2.24, 2.45) is 7.05 Å². The zero-order valence-electron chi connectivity index (χ0n) is 9.31. The molecule has 0 N–H and O–H groups in total. The van der Waals surface area contributed by atoms with Crippen molar-refractivity contribution in [1.29, 1.82) is 0 Å². The van der Waals surface area contributed by atoms with Crippen molar-refractivity contribution in [3.05, 3.63) is 36.2 Å². The maximum absolute atomic E-state index is 4.26. The molecule has 0 aliphatic heterocycles. The lowest BCUT2D eigenvalue weighted by Gasteiger charge is -2.04. The van der Waals surface area contributed by atoms with Crippen LogP contribution in [0.5, 0.6) is 0 Å². The van der Waals surface area contributed by atoms with E-state index in [0.717, 1.165) is 11.4 Å². The third-order valence-electron chi connectivity index (χ3n) is 2.44. The van der Waals surface area contributed by atoms with Crippen LogP contribution in [0.3, 0.4) is 0 Å². The highest BCUT2D eigenvalue weighted by Crippen LogP contribution is 2.19. The summed E-state index contributed by atoms with van der Waals surface area (Å²) < 4.78 is 1.71. The Morgan fingerprint density at radius 2 is 1.80 bits per heavy atom. The number of hydrogen-bond acceptors (Lipinski definition) is 2. The highest BCUT2D eigenvalue weighted by atomic mass is 15.3. The average Bonchev–Trinajstić information content (AvgIpc) is 2.65. The third kappa shape index (κ3) is 2.06. The number of nitrogens with zero attached hydrogens (tertiary/aromatic N) is 3. The molecule has 0 aliphatic carbocycles. The summed E-state index contributed by atoms with van der Waals surface area (Å²) in [5, 5.41) is 4.26. The second-order valence-electron chi connectivity index (χ2n) is 4.02. The van der Waals surface area contributed by atoms with Crippen LogP contribution in [0, 0.1) is 0 Å². The lowest BCUT2D eigenvalue weighted by molar-refractivity contribution is 0.768. The minimum Gasteiger partial charge on any atom is -0.255 e. The minimum atomic E-state index is 0.566. The van der Waals surface area contributed by atoms with Crippen LogP contribution in [0.2, 0.25) is 0 Å². The lowest BCUT2D eigenvalue weighted by Crippen LogP contribution is -1.89. The van der Waals surface area contributed by atoms with E-state index >= 15 is 0 Å². The van der Waals surface area contributed by atoms with Gasteiger partial charge < -0.3 is 0 Å². The van der Waals surface area contributed by atoms with Gasteiger partial charge in [-0.3, -0.25) is 4.68 Å². The Morgan fingerprint density at radius 3 is 2.27 bits per heavy atom. The van der Waals surface area contributed by atoms with Crippen molar-refractivity contribution in [2.45, 2.75) is 19.8 Å². The van der Waals surface area contributed by atoms with Crippen molar-refractivity contribution >= 4 is 0 Å². The average molecular weight is 201 g/mol. The zero-order valence-corrected chi connectivity index (χ0v) is 9.31. The molecule has 0 aliphatic rings. The van der Waals surface area contributed by atoms with Crippen molar-refractivity contribution in [1.82, 2.24) is 14.8 Å². The van der Waals surface area contributed by atoms with Gasteiger partial charge in [0.15, 0.2) is 5.82 Å². The van der Waals surface area contributed by atoms with E-state index in [4.69, 9.17) is 0 Å². The normalized spacial score (nSPS) is 10.9. The topological polar surface area (TPSA) is 30.7 Å². The van der Waals surface area contributed by atoms with Gasteiger partial charge in [0.25, 0.3) is 0 Å². The molecule has 1 aromatic heterocycles. The Morgan fingerprint density at radius 1 is 1.13 bits per heavy atom. The van der Waals surface area contributed by atoms with Crippen molar-refractivity contribution in [2.75, 3.05) is 0 Å². The first-order valence-electron chi connectivity index (χ1n) is 5.13. The summed E-state index contributed by atoms with van der Waals surface area (Å²) in [5.74, 6) is 1.35.